The highest BCUT2D eigenvalue weighted by Gasteiger charge is 2.48. The molecule has 7 nitrogen and oxygen atoms in total. The van der Waals surface area contributed by atoms with Gasteiger partial charge in [0.15, 0.2) is 0 Å². The molecule has 1 unspecified atom stereocenters. The van der Waals surface area contributed by atoms with Crippen molar-refractivity contribution >= 4 is 24.0 Å². The van der Waals surface area contributed by atoms with Gasteiger partial charge in [0.2, 0.25) is 0 Å². The van der Waals surface area contributed by atoms with E-state index in [9.17, 15) is 9.90 Å². The molecule has 0 spiro atoms. The molecule has 1 aliphatic carbocycles. The maximum Gasteiger partial charge on any atom is 0.451 e. The average molecular weight is 385 g/mol. The van der Waals surface area contributed by atoms with Crippen LogP contribution in [0.15, 0.2) is 36.5 Å². The zero-order valence-corrected chi connectivity index (χ0v) is 15.9. The summed E-state index contributed by atoms with van der Waals surface area (Å²) in [6.07, 6.45) is 4.94. The Morgan fingerprint density at radius 3 is 2.71 bits per heavy atom. The second-order valence-corrected chi connectivity index (χ2v) is 7.81. The zero-order chi connectivity index (χ0) is 20.1. The van der Waals surface area contributed by atoms with E-state index in [1.54, 1.807) is 6.20 Å². The number of fused-ring (bicyclic) bond motifs is 1. The third kappa shape index (κ3) is 4.70. The molecule has 3 rings (SSSR count). The zero-order valence-electron chi connectivity index (χ0n) is 15.9. The maximum atomic E-state index is 11.8. The summed E-state index contributed by atoms with van der Waals surface area (Å²) in [6, 6.07) is 10.3. The monoisotopic (exact) mass is 385 g/mol. The van der Waals surface area contributed by atoms with Crippen molar-refractivity contribution in [2.24, 2.45) is 11.7 Å². The Balaban J connectivity index is 1.51. The molecule has 6 N–H and O–H groups in total. The summed E-state index contributed by atoms with van der Waals surface area (Å²) in [5, 5.41) is 32.1. The van der Waals surface area contributed by atoms with E-state index in [2.05, 4.69) is 16.4 Å². The lowest BCUT2D eigenvalue weighted by Crippen LogP contribution is -2.61. The highest BCUT2D eigenvalue weighted by atomic mass is 16.4. The Morgan fingerprint density at radius 1 is 1.25 bits per heavy atom. The van der Waals surface area contributed by atoms with E-state index in [0.29, 0.717) is 25.8 Å². The predicted molar refractivity (Wildman–Crippen MR) is 108 cm³/mol. The molecule has 0 radical (unpaired) electrons. The number of nitrogens with zero attached hydrogens (tertiary/aromatic N) is 1. The van der Waals surface area contributed by atoms with Crippen molar-refractivity contribution < 1.29 is 19.9 Å². The van der Waals surface area contributed by atoms with Crippen molar-refractivity contribution in [1.82, 2.24) is 10.3 Å². The molecular weight excluding hydrogens is 357 g/mol. The summed E-state index contributed by atoms with van der Waals surface area (Å²) in [7, 11) is -1.35. The van der Waals surface area contributed by atoms with Gasteiger partial charge in [0.25, 0.3) is 0 Å². The van der Waals surface area contributed by atoms with E-state index in [1.807, 2.05) is 24.3 Å². The summed E-state index contributed by atoms with van der Waals surface area (Å²) in [4.78, 5) is 16.2. The van der Waals surface area contributed by atoms with E-state index in [1.165, 1.54) is 0 Å². The van der Waals surface area contributed by atoms with Gasteiger partial charge in [0, 0.05) is 24.2 Å². The van der Waals surface area contributed by atoms with Crippen molar-refractivity contribution in [2.75, 3.05) is 0 Å². The van der Waals surface area contributed by atoms with Gasteiger partial charge in [0.1, 0.15) is 5.54 Å². The number of carboxylic acids is 1. The number of pyridine rings is 1. The van der Waals surface area contributed by atoms with E-state index in [0.717, 1.165) is 29.3 Å². The van der Waals surface area contributed by atoms with Crippen LogP contribution in [0.5, 0.6) is 0 Å². The van der Waals surface area contributed by atoms with E-state index in [4.69, 9.17) is 15.8 Å². The van der Waals surface area contributed by atoms with E-state index >= 15 is 0 Å². The Morgan fingerprint density at radius 2 is 2.00 bits per heavy atom. The molecule has 0 bridgehead atoms. The molecule has 2 aromatic rings. The van der Waals surface area contributed by atoms with E-state index in [-0.39, 0.29) is 18.3 Å². The summed E-state index contributed by atoms with van der Waals surface area (Å²) >= 11 is 0. The Labute approximate surface area is 165 Å². The van der Waals surface area contributed by atoms with Crippen LogP contribution in [0.3, 0.4) is 0 Å². The van der Waals surface area contributed by atoms with Crippen LogP contribution in [-0.2, 0) is 11.3 Å². The lowest BCUT2D eigenvalue weighted by Gasteiger charge is -2.45. The standard InChI is InChI=1S/C20H28BN3O4/c22-20(19(25)26,8-1-2-9-21(27)28)16-11-17(12-16)24-13-15-6-3-5-14-7-4-10-23-18(14)15/h3-7,10,16-17,24,27-28H,1-2,8-9,11-13,22H2,(H,25,26)/t16-,17+,20?. The Kier molecular flexibility index (Phi) is 6.67. The molecule has 8 heteroatoms. The quantitative estimate of drug-likeness (QED) is 0.310. The number of hydrogen-bond donors (Lipinski definition) is 5. The van der Waals surface area contributed by atoms with Crippen LogP contribution in [0.2, 0.25) is 6.32 Å². The minimum absolute atomic E-state index is 0.0767. The van der Waals surface area contributed by atoms with Crippen LogP contribution >= 0.6 is 0 Å². The number of hydrogen-bond acceptors (Lipinski definition) is 6. The lowest BCUT2D eigenvalue weighted by molar-refractivity contribution is -0.148. The first kappa shape index (κ1) is 20.7. The molecule has 1 aliphatic rings. The first-order valence-corrected chi connectivity index (χ1v) is 9.84. The first-order chi connectivity index (χ1) is 13.4. The molecule has 1 atom stereocenters. The number of rotatable bonds is 10. The molecule has 28 heavy (non-hydrogen) atoms. The fraction of sp³-hybridized carbons (Fsp3) is 0.500. The number of aromatic nitrogens is 1. The van der Waals surface area contributed by atoms with Crippen LogP contribution in [0.4, 0.5) is 0 Å². The van der Waals surface area contributed by atoms with Crippen LogP contribution < -0.4 is 11.1 Å². The number of carboxylic acid groups (broad SMARTS) is 1. The van der Waals surface area contributed by atoms with Crippen LogP contribution in [0.1, 0.15) is 37.7 Å². The van der Waals surface area contributed by atoms with Crippen molar-refractivity contribution in [3.63, 3.8) is 0 Å². The van der Waals surface area contributed by atoms with Gasteiger partial charge in [-0.25, -0.2) is 0 Å². The SMILES string of the molecule is NC(CCCCB(O)O)(C(=O)O)[C@H]1C[C@@H](NCc2cccc3cccnc23)C1. The molecule has 1 aromatic carbocycles. The third-order valence-electron chi connectivity index (χ3n) is 5.86. The topological polar surface area (TPSA) is 129 Å². The highest BCUT2D eigenvalue weighted by molar-refractivity contribution is 6.40. The minimum atomic E-state index is -1.35. The number of aliphatic carboxylic acids is 1. The number of nitrogens with one attached hydrogen (secondary N) is 1. The molecule has 0 saturated heterocycles. The maximum absolute atomic E-state index is 11.8. The second kappa shape index (κ2) is 9.00. The Bertz CT molecular complexity index is 808. The number of benzene rings is 1. The van der Waals surface area contributed by atoms with Gasteiger partial charge in [-0.3, -0.25) is 9.78 Å². The first-order valence-electron chi connectivity index (χ1n) is 9.84. The van der Waals surface area contributed by atoms with Crippen LogP contribution in [0.25, 0.3) is 10.9 Å². The summed E-state index contributed by atoms with van der Waals surface area (Å²) in [5.74, 6) is -1.05. The van der Waals surface area contributed by atoms with Gasteiger partial charge in [-0.15, -0.1) is 0 Å². The van der Waals surface area contributed by atoms with Crippen LogP contribution in [-0.4, -0.2) is 44.8 Å². The minimum Gasteiger partial charge on any atom is -0.480 e. The summed E-state index contributed by atoms with van der Waals surface area (Å²) in [5.41, 5.74) is 7.10. The largest absolute Gasteiger partial charge is 0.480 e. The van der Waals surface area contributed by atoms with Crippen molar-refractivity contribution in [2.45, 2.75) is 56.5 Å². The van der Waals surface area contributed by atoms with Crippen LogP contribution in [0, 0.1) is 5.92 Å². The lowest BCUT2D eigenvalue weighted by atomic mass is 9.66. The van der Waals surface area contributed by atoms with Gasteiger partial charge < -0.3 is 26.2 Å². The molecule has 1 saturated carbocycles. The fourth-order valence-corrected chi connectivity index (χ4v) is 4.00. The summed E-state index contributed by atoms with van der Waals surface area (Å²) < 4.78 is 0. The van der Waals surface area contributed by atoms with Gasteiger partial charge >= 0.3 is 13.1 Å². The molecule has 0 aliphatic heterocycles. The molecular formula is C20H28BN3O4. The van der Waals surface area contributed by atoms with Crippen molar-refractivity contribution in [1.29, 1.82) is 0 Å². The van der Waals surface area contributed by atoms with Gasteiger partial charge in [-0.1, -0.05) is 37.1 Å². The smallest absolute Gasteiger partial charge is 0.451 e. The van der Waals surface area contributed by atoms with Gasteiger partial charge in [0.05, 0.1) is 5.52 Å². The molecule has 1 heterocycles. The number of unbranched alkanes of at least 4 members (excludes halogenated alkanes) is 1. The van der Waals surface area contributed by atoms with E-state index < -0.39 is 18.6 Å². The number of nitrogens with two attached hydrogens (primary N) is 1. The fourth-order valence-electron chi connectivity index (χ4n) is 4.00. The third-order valence-corrected chi connectivity index (χ3v) is 5.86. The predicted octanol–water partition coefficient (Wildman–Crippen LogP) is 1.53. The molecule has 1 aromatic heterocycles. The normalized spacial score (nSPS) is 21.1. The van der Waals surface area contributed by atoms with Crippen molar-refractivity contribution in [3.05, 3.63) is 42.1 Å². The Hall–Kier alpha value is -2.00. The van der Waals surface area contributed by atoms with Crippen molar-refractivity contribution in [3.8, 4) is 0 Å². The number of para-hydroxylation sites is 1. The molecule has 1 fully saturated rings. The number of carbonyl (C=O) groups is 1. The molecule has 150 valence electrons. The second-order valence-electron chi connectivity index (χ2n) is 7.81. The van der Waals surface area contributed by atoms with Gasteiger partial charge in [-0.2, -0.15) is 0 Å². The highest BCUT2D eigenvalue weighted by Crippen LogP contribution is 2.38. The van der Waals surface area contributed by atoms with Gasteiger partial charge in [-0.05, 0) is 43.1 Å². The molecule has 0 amide bonds. The summed E-state index contributed by atoms with van der Waals surface area (Å²) in [6.45, 7) is 0.685. The average Bonchev–Trinajstić information content (AvgIpc) is 2.63.